The molecule has 0 aliphatic heterocycles. The Labute approximate surface area is 106 Å². The van der Waals surface area contributed by atoms with E-state index < -0.39 is 12.0 Å². The Balaban J connectivity index is 2.42. The average molecular weight is 250 g/mol. The molecule has 0 radical (unpaired) electrons. The van der Waals surface area contributed by atoms with Gasteiger partial charge in [0.15, 0.2) is 0 Å². The van der Waals surface area contributed by atoms with Gasteiger partial charge in [0.25, 0.3) is 0 Å². The third kappa shape index (κ3) is 4.55. The molecule has 3 N–H and O–H groups in total. The molecular weight excluding hydrogens is 232 g/mol. The molecule has 0 unspecified atom stereocenters. The van der Waals surface area contributed by atoms with Crippen LogP contribution in [0.5, 0.6) is 0 Å². The van der Waals surface area contributed by atoms with Gasteiger partial charge in [-0.25, -0.2) is 0 Å². The number of nitrogens with one attached hydrogen (secondary N) is 2. The molecule has 5 nitrogen and oxygen atoms in total. The molecule has 1 amide bonds. The van der Waals surface area contributed by atoms with E-state index in [2.05, 4.69) is 17.6 Å². The van der Waals surface area contributed by atoms with Crippen molar-refractivity contribution < 1.29 is 14.7 Å². The van der Waals surface area contributed by atoms with Crippen molar-refractivity contribution >= 4 is 17.6 Å². The van der Waals surface area contributed by atoms with Crippen LogP contribution in [0.4, 0.5) is 5.69 Å². The summed E-state index contributed by atoms with van der Waals surface area (Å²) in [7, 11) is 0. The molecule has 18 heavy (non-hydrogen) atoms. The maximum atomic E-state index is 11.5. The fraction of sp³-hybridized carbons (Fsp3) is 0.385. The summed E-state index contributed by atoms with van der Waals surface area (Å²) in [6.45, 7) is 3.53. The normalized spacial score (nSPS) is 11.9. The topological polar surface area (TPSA) is 78.4 Å². The quantitative estimate of drug-likeness (QED) is 0.710. The molecule has 5 heteroatoms. The Morgan fingerprint density at radius 1 is 1.28 bits per heavy atom. The van der Waals surface area contributed by atoms with Crippen molar-refractivity contribution in [3.8, 4) is 0 Å². The minimum absolute atomic E-state index is 0.0248. The van der Waals surface area contributed by atoms with Crippen molar-refractivity contribution in [3.05, 3.63) is 29.8 Å². The summed E-state index contributed by atoms with van der Waals surface area (Å²) in [4.78, 5) is 22.1. The van der Waals surface area contributed by atoms with E-state index in [4.69, 9.17) is 5.11 Å². The molecule has 98 valence electrons. The zero-order valence-corrected chi connectivity index (χ0v) is 10.6. The van der Waals surface area contributed by atoms with Gasteiger partial charge in [-0.15, -0.1) is 0 Å². The number of anilines is 1. The fourth-order valence-corrected chi connectivity index (χ4v) is 1.36. The van der Waals surface area contributed by atoms with Crippen molar-refractivity contribution in [2.45, 2.75) is 26.3 Å². The van der Waals surface area contributed by atoms with Crippen molar-refractivity contribution in [1.82, 2.24) is 5.32 Å². The van der Waals surface area contributed by atoms with Gasteiger partial charge >= 0.3 is 5.97 Å². The van der Waals surface area contributed by atoms with E-state index in [1.165, 1.54) is 12.5 Å². The number of carboxylic acids is 1. The highest BCUT2D eigenvalue weighted by Gasteiger charge is 2.11. The van der Waals surface area contributed by atoms with E-state index in [-0.39, 0.29) is 12.5 Å². The standard InChI is InChI=1S/C13H18N2O3/c1-3-10-4-6-11(7-5-10)15-12(16)8-14-9(2)13(17)18/h4-7,9,14H,3,8H2,1-2H3,(H,15,16)(H,17,18)/t9-/m0/s1. The zero-order chi connectivity index (χ0) is 13.5. The highest BCUT2D eigenvalue weighted by molar-refractivity contribution is 5.92. The van der Waals surface area contributed by atoms with Crippen LogP contribution in [-0.4, -0.2) is 29.6 Å². The first-order valence-corrected chi connectivity index (χ1v) is 5.88. The van der Waals surface area contributed by atoms with Gasteiger partial charge in [-0.3, -0.25) is 14.9 Å². The highest BCUT2D eigenvalue weighted by atomic mass is 16.4. The molecule has 0 heterocycles. The molecule has 0 aliphatic rings. The minimum atomic E-state index is -0.977. The predicted octanol–water partition coefficient (Wildman–Crippen LogP) is 1.25. The van der Waals surface area contributed by atoms with Gasteiger partial charge in [0, 0.05) is 5.69 Å². The number of rotatable bonds is 6. The number of carbonyl (C=O) groups is 2. The minimum Gasteiger partial charge on any atom is -0.480 e. The Kier molecular flexibility index (Phi) is 5.32. The van der Waals surface area contributed by atoms with E-state index in [1.54, 1.807) is 0 Å². The van der Waals surface area contributed by atoms with Crippen LogP contribution in [0.1, 0.15) is 19.4 Å². The number of amides is 1. The maximum absolute atomic E-state index is 11.5. The van der Waals surface area contributed by atoms with Gasteiger partial charge in [-0.2, -0.15) is 0 Å². The van der Waals surface area contributed by atoms with Crippen LogP contribution in [0.2, 0.25) is 0 Å². The fourth-order valence-electron chi connectivity index (χ4n) is 1.36. The summed E-state index contributed by atoms with van der Waals surface area (Å²) >= 11 is 0. The molecule has 0 spiro atoms. The van der Waals surface area contributed by atoms with Crippen molar-refractivity contribution in [3.63, 3.8) is 0 Å². The van der Waals surface area contributed by atoms with Gasteiger partial charge in [0.2, 0.25) is 5.91 Å². The third-order valence-electron chi connectivity index (χ3n) is 2.59. The lowest BCUT2D eigenvalue weighted by molar-refractivity contribution is -0.139. The summed E-state index contributed by atoms with van der Waals surface area (Å²) < 4.78 is 0. The average Bonchev–Trinajstić information content (AvgIpc) is 2.36. The van der Waals surface area contributed by atoms with Crippen LogP contribution in [0, 0.1) is 0 Å². The molecular formula is C13H18N2O3. The van der Waals surface area contributed by atoms with Crippen LogP contribution in [0.25, 0.3) is 0 Å². The van der Waals surface area contributed by atoms with Gasteiger partial charge < -0.3 is 10.4 Å². The third-order valence-corrected chi connectivity index (χ3v) is 2.59. The van der Waals surface area contributed by atoms with Gasteiger partial charge in [0.1, 0.15) is 6.04 Å². The summed E-state index contributed by atoms with van der Waals surface area (Å²) in [5, 5.41) is 14.0. The predicted molar refractivity (Wildman–Crippen MR) is 69.6 cm³/mol. The van der Waals surface area contributed by atoms with E-state index in [1.807, 2.05) is 24.3 Å². The maximum Gasteiger partial charge on any atom is 0.320 e. The molecule has 1 atom stereocenters. The number of carbonyl (C=O) groups excluding carboxylic acids is 1. The van der Waals surface area contributed by atoms with E-state index in [0.29, 0.717) is 5.69 Å². The van der Waals surface area contributed by atoms with E-state index >= 15 is 0 Å². The van der Waals surface area contributed by atoms with Crippen LogP contribution >= 0.6 is 0 Å². The first-order chi connectivity index (χ1) is 8.52. The van der Waals surface area contributed by atoms with Crippen molar-refractivity contribution in [2.24, 2.45) is 0 Å². The molecule has 1 aromatic carbocycles. The van der Waals surface area contributed by atoms with Crippen LogP contribution in [0.15, 0.2) is 24.3 Å². The lowest BCUT2D eigenvalue weighted by atomic mass is 10.1. The second-order valence-corrected chi connectivity index (χ2v) is 4.04. The Morgan fingerprint density at radius 3 is 2.39 bits per heavy atom. The molecule has 0 saturated carbocycles. The largest absolute Gasteiger partial charge is 0.480 e. The smallest absolute Gasteiger partial charge is 0.320 e. The summed E-state index contributed by atoms with van der Waals surface area (Å²) in [5.74, 6) is -1.23. The lowest BCUT2D eigenvalue weighted by Gasteiger charge is -2.09. The van der Waals surface area contributed by atoms with E-state index in [0.717, 1.165) is 6.42 Å². The van der Waals surface area contributed by atoms with Crippen molar-refractivity contribution in [1.29, 1.82) is 0 Å². The molecule has 0 fully saturated rings. The number of aryl methyl sites for hydroxylation is 1. The summed E-state index contributed by atoms with van der Waals surface area (Å²) in [6.07, 6.45) is 0.950. The molecule has 0 aliphatic carbocycles. The van der Waals surface area contributed by atoms with Gasteiger partial charge in [-0.1, -0.05) is 19.1 Å². The molecule has 0 bridgehead atoms. The molecule has 1 aromatic rings. The van der Waals surface area contributed by atoms with Crippen molar-refractivity contribution in [2.75, 3.05) is 11.9 Å². The molecule has 0 saturated heterocycles. The zero-order valence-electron chi connectivity index (χ0n) is 10.6. The molecule has 1 rings (SSSR count). The summed E-state index contributed by atoms with van der Waals surface area (Å²) in [6, 6.07) is 6.82. The van der Waals surface area contributed by atoms with Crippen LogP contribution in [-0.2, 0) is 16.0 Å². The van der Waals surface area contributed by atoms with Crippen LogP contribution < -0.4 is 10.6 Å². The number of carboxylic acid groups (broad SMARTS) is 1. The number of aliphatic carboxylic acids is 1. The molecule has 0 aromatic heterocycles. The number of hydrogen-bond acceptors (Lipinski definition) is 3. The van der Waals surface area contributed by atoms with Crippen LogP contribution in [0.3, 0.4) is 0 Å². The second kappa shape index (κ2) is 6.76. The van der Waals surface area contributed by atoms with Gasteiger partial charge in [-0.05, 0) is 31.0 Å². The number of benzene rings is 1. The number of hydrogen-bond donors (Lipinski definition) is 3. The SMILES string of the molecule is CCc1ccc(NC(=O)CN[C@@H](C)C(=O)O)cc1. The second-order valence-electron chi connectivity index (χ2n) is 4.04. The Hall–Kier alpha value is -1.88. The Bertz CT molecular complexity index is 415. The van der Waals surface area contributed by atoms with Gasteiger partial charge in [0.05, 0.1) is 6.54 Å². The highest BCUT2D eigenvalue weighted by Crippen LogP contribution is 2.09. The summed E-state index contributed by atoms with van der Waals surface area (Å²) in [5.41, 5.74) is 1.91. The lowest BCUT2D eigenvalue weighted by Crippen LogP contribution is -2.39. The first kappa shape index (κ1) is 14.2. The first-order valence-electron chi connectivity index (χ1n) is 5.88. The monoisotopic (exact) mass is 250 g/mol. The Morgan fingerprint density at radius 2 is 1.89 bits per heavy atom. The van der Waals surface area contributed by atoms with E-state index in [9.17, 15) is 9.59 Å².